The van der Waals surface area contributed by atoms with Crippen LogP contribution < -0.4 is 11.1 Å². The summed E-state index contributed by atoms with van der Waals surface area (Å²) < 4.78 is 0. The summed E-state index contributed by atoms with van der Waals surface area (Å²) in [7, 11) is 0. The van der Waals surface area contributed by atoms with Gasteiger partial charge in [0.15, 0.2) is 0 Å². The van der Waals surface area contributed by atoms with E-state index in [1.807, 2.05) is 0 Å². The number of nitrogen functional groups attached to an aromatic ring is 1. The normalized spacial score (nSPS) is 11.5. The van der Waals surface area contributed by atoms with Gasteiger partial charge in [-0.05, 0) is 30.5 Å². The van der Waals surface area contributed by atoms with Gasteiger partial charge in [0.25, 0.3) is 5.91 Å². The molecule has 1 unspecified atom stereocenters. The van der Waals surface area contributed by atoms with Crippen LogP contribution in [-0.4, -0.2) is 12.5 Å². The topological polar surface area (TPSA) is 55.1 Å². The summed E-state index contributed by atoms with van der Waals surface area (Å²) in [6.07, 6.45) is 4.73. The number of anilines is 1. The SMILES string of the molecule is CCCCC(CC)CNC(=O)c1cccc(N)c1.Cl. The predicted octanol–water partition coefficient (Wildman–Crippen LogP) is 3.64. The number of nitrogens with two attached hydrogens (primary N) is 1. The van der Waals surface area contributed by atoms with Gasteiger partial charge in [-0.15, -0.1) is 12.4 Å². The Bertz CT molecular complexity index is 382. The Morgan fingerprint density at radius 2 is 2.11 bits per heavy atom. The maximum absolute atomic E-state index is 11.9. The Labute approximate surface area is 122 Å². The Morgan fingerprint density at radius 1 is 1.37 bits per heavy atom. The van der Waals surface area contributed by atoms with Gasteiger partial charge in [-0.1, -0.05) is 39.2 Å². The molecule has 0 aliphatic carbocycles. The summed E-state index contributed by atoms with van der Waals surface area (Å²) in [5.74, 6) is 0.548. The van der Waals surface area contributed by atoms with E-state index >= 15 is 0 Å². The van der Waals surface area contributed by atoms with Crippen LogP contribution in [0, 0.1) is 5.92 Å². The third-order valence-electron chi connectivity index (χ3n) is 3.24. The quantitative estimate of drug-likeness (QED) is 0.751. The molecule has 0 saturated carbocycles. The molecule has 108 valence electrons. The smallest absolute Gasteiger partial charge is 0.251 e. The van der Waals surface area contributed by atoms with Crippen LogP contribution in [0.15, 0.2) is 24.3 Å². The molecule has 1 rings (SSSR count). The standard InChI is InChI=1S/C15H24N2O.ClH/c1-3-5-7-12(4-2)11-17-15(18)13-8-6-9-14(16)10-13;/h6,8-10,12H,3-5,7,11,16H2,1-2H3,(H,17,18);1H. The van der Waals surface area contributed by atoms with Crippen LogP contribution in [0.2, 0.25) is 0 Å². The van der Waals surface area contributed by atoms with Gasteiger partial charge < -0.3 is 11.1 Å². The van der Waals surface area contributed by atoms with E-state index in [0.717, 1.165) is 13.0 Å². The van der Waals surface area contributed by atoms with Crippen LogP contribution in [0.1, 0.15) is 49.9 Å². The molecule has 0 aliphatic heterocycles. The van der Waals surface area contributed by atoms with E-state index in [2.05, 4.69) is 19.2 Å². The molecular weight excluding hydrogens is 260 g/mol. The van der Waals surface area contributed by atoms with Gasteiger partial charge in [0, 0.05) is 17.8 Å². The first-order valence-electron chi connectivity index (χ1n) is 6.81. The summed E-state index contributed by atoms with van der Waals surface area (Å²) in [5.41, 5.74) is 6.93. The molecule has 0 bridgehead atoms. The fourth-order valence-corrected chi connectivity index (χ4v) is 1.96. The largest absolute Gasteiger partial charge is 0.399 e. The first-order valence-corrected chi connectivity index (χ1v) is 6.81. The lowest BCUT2D eigenvalue weighted by Crippen LogP contribution is -2.29. The van der Waals surface area contributed by atoms with Gasteiger partial charge in [-0.25, -0.2) is 0 Å². The second-order valence-corrected chi connectivity index (χ2v) is 4.75. The van der Waals surface area contributed by atoms with E-state index in [4.69, 9.17) is 5.73 Å². The second kappa shape index (κ2) is 9.68. The van der Waals surface area contributed by atoms with Crippen molar-refractivity contribution in [1.82, 2.24) is 5.32 Å². The van der Waals surface area contributed by atoms with Crippen molar-refractivity contribution in [2.75, 3.05) is 12.3 Å². The van der Waals surface area contributed by atoms with Crippen molar-refractivity contribution >= 4 is 24.0 Å². The molecule has 1 atom stereocenters. The van der Waals surface area contributed by atoms with Crippen LogP contribution >= 0.6 is 12.4 Å². The lowest BCUT2D eigenvalue weighted by molar-refractivity contribution is 0.0946. The molecule has 0 fully saturated rings. The summed E-state index contributed by atoms with van der Waals surface area (Å²) in [6.45, 7) is 5.12. The highest BCUT2D eigenvalue weighted by Gasteiger charge is 2.09. The summed E-state index contributed by atoms with van der Waals surface area (Å²) in [5, 5.41) is 2.99. The highest BCUT2D eigenvalue weighted by Crippen LogP contribution is 2.12. The minimum Gasteiger partial charge on any atom is -0.399 e. The molecule has 0 radical (unpaired) electrons. The van der Waals surface area contributed by atoms with Crippen molar-refractivity contribution in [1.29, 1.82) is 0 Å². The van der Waals surface area contributed by atoms with Crippen molar-refractivity contribution in [2.24, 2.45) is 5.92 Å². The third kappa shape index (κ3) is 6.48. The van der Waals surface area contributed by atoms with E-state index in [9.17, 15) is 4.79 Å². The van der Waals surface area contributed by atoms with Crippen LogP contribution in [0.5, 0.6) is 0 Å². The Hall–Kier alpha value is -1.22. The van der Waals surface area contributed by atoms with Crippen LogP contribution in [0.25, 0.3) is 0 Å². The van der Waals surface area contributed by atoms with Gasteiger partial charge in [-0.3, -0.25) is 4.79 Å². The predicted molar refractivity (Wildman–Crippen MR) is 83.7 cm³/mol. The number of rotatable bonds is 7. The fraction of sp³-hybridized carbons (Fsp3) is 0.533. The minimum absolute atomic E-state index is 0. The summed E-state index contributed by atoms with van der Waals surface area (Å²) in [6, 6.07) is 7.09. The second-order valence-electron chi connectivity index (χ2n) is 4.75. The van der Waals surface area contributed by atoms with Crippen LogP contribution in [-0.2, 0) is 0 Å². The molecule has 19 heavy (non-hydrogen) atoms. The van der Waals surface area contributed by atoms with Crippen molar-refractivity contribution in [3.8, 4) is 0 Å². The Kier molecular flexibility index (Phi) is 9.06. The van der Waals surface area contributed by atoms with E-state index < -0.39 is 0 Å². The van der Waals surface area contributed by atoms with Crippen LogP contribution in [0.4, 0.5) is 5.69 Å². The molecule has 0 heterocycles. The highest BCUT2D eigenvalue weighted by atomic mass is 35.5. The molecule has 3 nitrogen and oxygen atoms in total. The number of amides is 1. The maximum Gasteiger partial charge on any atom is 0.251 e. The third-order valence-corrected chi connectivity index (χ3v) is 3.24. The number of hydrogen-bond donors (Lipinski definition) is 2. The zero-order chi connectivity index (χ0) is 13.4. The fourth-order valence-electron chi connectivity index (χ4n) is 1.96. The van der Waals surface area contributed by atoms with Gasteiger partial charge in [-0.2, -0.15) is 0 Å². The number of carbonyl (C=O) groups excluding carboxylic acids is 1. The van der Waals surface area contributed by atoms with Gasteiger partial charge >= 0.3 is 0 Å². The van der Waals surface area contributed by atoms with Crippen LogP contribution in [0.3, 0.4) is 0 Å². The first kappa shape index (κ1) is 17.8. The molecular formula is C15H25ClN2O. The van der Waals surface area contributed by atoms with Gasteiger partial charge in [0.2, 0.25) is 0 Å². The highest BCUT2D eigenvalue weighted by molar-refractivity contribution is 5.94. The molecule has 0 saturated heterocycles. The summed E-state index contributed by atoms with van der Waals surface area (Å²) in [4.78, 5) is 11.9. The zero-order valence-electron chi connectivity index (χ0n) is 11.8. The van der Waals surface area contributed by atoms with E-state index in [-0.39, 0.29) is 18.3 Å². The van der Waals surface area contributed by atoms with E-state index in [1.165, 1.54) is 19.3 Å². The molecule has 0 spiro atoms. The maximum atomic E-state index is 11.9. The van der Waals surface area contributed by atoms with E-state index in [1.54, 1.807) is 24.3 Å². The van der Waals surface area contributed by atoms with Gasteiger partial charge in [0.05, 0.1) is 0 Å². The average molecular weight is 285 g/mol. The monoisotopic (exact) mass is 284 g/mol. The molecule has 0 aromatic heterocycles. The average Bonchev–Trinajstić information content (AvgIpc) is 2.38. The molecule has 1 aromatic carbocycles. The van der Waals surface area contributed by atoms with Crippen molar-refractivity contribution < 1.29 is 4.79 Å². The van der Waals surface area contributed by atoms with Crippen molar-refractivity contribution in [3.05, 3.63) is 29.8 Å². The molecule has 0 aliphatic rings. The van der Waals surface area contributed by atoms with Crippen molar-refractivity contribution in [2.45, 2.75) is 39.5 Å². The Morgan fingerprint density at radius 3 is 2.68 bits per heavy atom. The number of unbranched alkanes of at least 4 members (excludes halogenated alkanes) is 1. The van der Waals surface area contributed by atoms with E-state index in [0.29, 0.717) is 17.2 Å². The molecule has 3 N–H and O–H groups in total. The summed E-state index contributed by atoms with van der Waals surface area (Å²) >= 11 is 0. The number of carbonyl (C=O) groups is 1. The minimum atomic E-state index is -0.0303. The number of benzene rings is 1. The Balaban J connectivity index is 0.00000324. The molecule has 1 aromatic rings. The number of nitrogens with one attached hydrogen (secondary N) is 1. The lowest BCUT2D eigenvalue weighted by atomic mass is 9.99. The number of hydrogen-bond acceptors (Lipinski definition) is 2. The molecule has 4 heteroatoms. The first-order chi connectivity index (χ1) is 8.67. The van der Waals surface area contributed by atoms with Gasteiger partial charge in [0.1, 0.15) is 0 Å². The zero-order valence-corrected chi connectivity index (χ0v) is 12.6. The van der Waals surface area contributed by atoms with Crippen molar-refractivity contribution in [3.63, 3.8) is 0 Å². The molecule has 1 amide bonds. The number of halogens is 1. The lowest BCUT2D eigenvalue weighted by Gasteiger charge is -2.15.